The van der Waals surface area contributed by atoms with Gasteiger partial charge in [0.1, 0.15) is 29.1 Å². The number of nitrogens with one attached hydrogen (secondary N) is 2. The Morgan fingerprint density at radius 3 is 2.51 bits per heavy atom. The van der Waals surface area contributed by atoms with Crippen molar-refractivity contribution < 1.29 is 33.3 Å². The zero-order valence-corrected chi connectivity index (χ0v) is 24.3. The van der Waals surface area contributed by atoms with Crippen molar-refractivity contribution in [2.24, 2.45) is 27.2 Å². The van der Waals surface area contributed by atoms with Gasteiger partial charge in [0.2, 0.25) is 11.6 Å². The number of halogens is 2. The normalized spacial score (nSPS) is 13.1. The molecule has 2 aromatic carbocycles. The van der Waals surface area contributed by atoms with Gasteiger partial charge in [0.25, 0.3) is 11.8 Å². The van der Waals surface area contributed by atoms with Gasteiger partial charge in [-0.05, 0) is 49.6 Å². The summed E-state index contributed by atoms with van der Waals surface area (Å²) in [5.74, 6) is -6.15. The maximum atomic E-state index is 15.9. The minimum absolute atomic E-state index is 0.0396. The van der Waals surface area contributed by atoms with E-state index in [1.807, 2.05) is 11.9 Å². The maximum absolute atomic E-state index is 15.9. The summed E-state index contributed by atoms with van der Waals surface area (Å²) in [4.78, 5) is 26.2. The van der Waals surface area contributed by atoms with Crippen LogP contribution in [0.3, 0.4) is 0 Å². The number of nitrogens with zero attached hydrogens (tertiary/aromatic N) is 4. The molecular formula is C29H33F2N9O5. The number of amidine groups is 2. The first kappa shape index (κ1) is 32.2. The molecule has 14 nitrogen and oxygen atoms in total. The maximum Gasteiger partial charge on any atom is 0.326 e. The Morgan fingerprint density at radius 1 is 1.13 bits per heavy atom. The van der Waals surface area contributed by atoms with E-state index in [0.29, 0.717) is 30.8 Å². The molecule has 45 heavy (non-hydrogen) atoms. The van der Waals surface area contributed by atoms with Crippen LogP contribution in [0.15, 0.2) is 52.4 Å². The van der Waals surface area contributed by atoms with E-state index in [-0.39, 0.29) is 41.8 Å². The number of nitrogen functional groups attached to an aromatic ring is 1. The van der Waals surface area contributed by atoms with Gasteiger partial charge in [0, 0.05) is 31.3 Å². The second-order valence-electron chi connectivity index (χ2n) is 10.0. The molecule has 238 valence electrons. The summed E-state index contributed by atoms with van der Waals surface area (Å²) >= 11 is 0. The van der Waals surface area contributed by atoms with E-state index in [0.717, 1.165) is 12.6 Å². The number of benzene rings is 2. The lowest BCUT2D eigenvalue weighted by Crippen LogP contribution is -2.30. The average Bonchev–Trinajstić information content (AvgIpc) is 3.43. The Morgan fingerprint density at radius 2 is 1.87 bits per heavy atom. The molecule has 0 fully saturated rings. The fraction of sp³-hybridized carbons (Fsp3) is 0.276. The molecule has 0 radical (unpaired) electrons. The Bertz CT molecular complexity index is 1650. The van der Waals surface area contributed by atoms with Crippen LogP contribution in [0.2, 0.25) is 0 Å². The third-order valence-electron chi connectivity index (χ3n) is 6.67. The number of carboxylic acids is 1. The zero-order chi connectivity index (χ0) is 32.7. The second-order valence-corrected chi connectivity index (χ2v) is 10.0. The fourth-order valence-corrected chi connectivity index (χ4v) is 4.38. The lowest BCUT2D eigenvalue weighted by Gasteiger charge is -2.19. The second kappa shape index (κ2) is 14.2. The van der Waals surface area contributed by atoms with Crippen LogP contribution in [0.4, 0.5) is 14.5 Å². The number of hydrogen-bond acceptors (Lipinski definition) is 10. The molecule has 1 aliphatic heterocycles. The van der Waals surface area contributed by atoms with Gasteiger partial charge in [-0.15, -0.1) is 0 Å². The van der Waals surface area contributed by atoms with Gasteiger partial charge in [0.15, 0.2) is 17.5 Å². The highest BCUT2D eigenvalue weighted by atomic mass is 19.1. The Kier molecular flexibility index (Phi) is 10.2. The molecule has 4 rings (SSSR count). The van der Waals surface area contributed by atoms with E-state index in [4.69, 9.17) is 32.1 Å². The van der Waals surface area contributed by atoms with Gasteiger partial charge in [-0.25, -0.2) is 4.79 Å². The number of likely N-dealkylation sites (N-methyl/N-ethyl adjacent to an activating group) is 1. The lowest BCUT2D eigenvalue weighted by atomic mass is 10.1. The number of aliphatic carboxylic acids is 1. The number of nitrogens with two attached hydrogens (primary N) is 3. The summed E-state index contributed by atoms with van der Waals surface area (Å²) in [5.41, 5.74) is 16.1. The van der Waals surface area contributed by atoms with Crippen molar-refractivity contribution in [2.45, 2.75) is 25.3 Å². The van der Waals surface area contributed by atoms with Crippen molar-refractivity contribution in [3.8, 4) is 29.0 Å². The van der Waals surface area contributed by atoms with Crippen molar-refractivity contribution in [1.29, 1.82) is 5.41 Å². The van der Waals surface area contributed by atoms with Crippen LogP contribution in [0, 0.1) is 17.0 Å². The first-order valence-electron chi connectivity index (χ1n) is 13.8. The monoisotopic (exact) mass is 625 g/mol. The smallest absolute Gasteiger partial charge is 0.326 e. The van der Waals surface area contributed by atoms with Crippen molar-refractivity contribution in [3.63, 3.8) is 0 Å². The highest BCUT2D eigenvalue weighted by Gasteiger charge is 2.28. The molecule has 1 atom stereocenters. The quantitative estimate of drug-likeness (QED) is 0.0782. The minimum Gasteiger partial charge on any atom is -0.504 e. The van der Waals surface area contributed by atoms with Crippen molar-refractivity contribution in [1.82, 2.24) is 9.88 Å². The first-order valence-corrected chi connectivity index (χ1v) is 13.8. The van der Waals surface area contributed by atoms with Crippen molar-refractivity contribution in [2.75, 3.05) is 32.0 Å². The van der Waals surface area contributed by atoms with Crippen molar-refractivity contribution in [3.05, 3.63) is 65.2 Å². The van der Waals surface area contributed by atoms with E-state index in [2.05, 4.69) is 20.3 Å². The number of hydrogen-bond donors (Lipinski definition) is 7. The van der Waals surface area contributed by atoms with E-state index in [1.165, 1.54) is 18.2 Å². The average molecular weight is 626 g/mol. The number of anilines is 1. The van der Waals surface area contributed by atoms with Gasteiger partial charge in [-0.3, -0.25) is 15.4 Å². The number of phenols is 1. The number of phenolic OH excluding ortho intramolecular Hbond substituents is 1. The van der Waals surface area contributed by atoms with Gasteiger partial charge in [0.05, 0.1) is 6.54 Å². The number of unbranched alkanes of at least 4 members (excludes halogenated alkanes) is 1. The summed E-state index contributed by atoms with van der Waals surface area (Å²) in [6, 6.07) is 8.79. The molecule has 3 aromatic rings. The van der Waals surface area contributed by atoms with Gasteiger partial charge in [-0.1, -0.05) is 12.1 Å². The van der Waals surface area contributed by atoms with Crippen LogP contribution in [-0.2, 0) is 4.79 Å². The molecule has 0 amide bonds. The largest absolute Gasteiger partial charge is 0.504 e. The van der Waals surface area contributed by atoms with Gasteiger partial charge in [-0.2, -0.15) is 13.8 Å². The zero-order valence-electron chi connectivity index (χ0n) is 24.3. The molecule has 0 saturated carbocycles. The van der Waals surface area contributed by atoms with Crippen molar-refractivity contribution >= 4 is 29.3 Å². The molecule has 16 heteroatoms. The summed E-state index contributed by atoms with van der Waals surface area (Å²) in [6.45, 7) is 1.57. The highest BCUT2D eigenvalue weighted by molar-refractivity contribution is 6.00. The molecular weight excluding hydrogens is 592 g/mol. The number of carbonyl (C=O) groups is 1. The van der Waals surface area contributed by atoms with Crippen LogP contribution in [-0.4, -0.2) is 76.4 Å². The molecule has 0 spiro atoms. The lowest BCUT2D eigenvalue weighted by molar-refractivity contribution is -0.138. The molecule has 0 bridgehead atoms. The van der Waals surface area contributed by atoms with Gasteiger partial charge >= 0.3 is 5.97 Å². The molecule has 0 aliphatic carbocycles. The van der Waals surface area contributed by atoms with E-state index in [9.17, 15) is 15.0 Å². The van der Waals surface area contributed by atoms with E-state index >= 15 is 8.78 Å². The molecule has 1 unspecified atom stereocenters. The summed E-state index contributed by atoms with van der Waals surface area (Å²) in [5, 5.41) is 30.2. The summed E-state index contributed by atoms with van der Waals surface area (Å²) < 4.78 is 43.0. The van der Waals surface area contributed by atoms with Crippen LogP contribution in [0.5, 0.6) is 29.0 Å². The number of guanidine groups is 1. The summed E-state index contributed by atoms with van der Waals surface area (Å²) in [7, 11) is 1.87. The third kappa shape index (κ3) is 8.04. The number of aromatic hydroxyl groups is 1. The molecule has 2 heterocycles. The number of rotatable bonds is 14. The Labute approximate surface area is 256 Å². The topological polar surface area (TPSA) is 231 Å². The number of pyridine rings is 1. The van der Waals surface area contributed by atoms with Crippen LogP contribution in [0.25, 0.3) is 0 Å². The Hall–Kier alpha value is -5.67. The SMILES string of the molecule is CN1CCN=C1c1cccc(Oc2nc(Oc3cc(C(=N)N)ccc3O)c(F)c(NC(CCCCN=C(N)N)C(=O)O)c2F)c1. The minimum atomic E-state index is -1.44. The summed E-state index contributed by atoms with van der Waals surface area (Å²) in [6.07, 6.45) is 0.677. The first-order chi connectivity index (χ1) is 21.4. The molecule has 10 N–H and O–H groups in total. The predicted molar refractivity (Wildman–Crippen MR) is 163 cm³/mol. The van der Waals surface area contributed by atoms with E-state index in [1.54, 1.807) is 18.2 Å². The number of aliphatic imine (C=N–C) groups is 2. The van der Waals surface area contributed by atoms with E-state index < -0.39 is 46.8 Å². The highest BCUT2D eigenvalue weighted by Crippen LogP contribution is 2.39. The van der Waals surface area contributed by atoms with Crippen LogP contribution in [0.1, 0.15) is 30.4 Å². The van der Waals surface area contributed by atoms with Crippen LogP contribution < -0.4 is 32.0 Å². The number of aromatic nitrogens is 1. The standard InChI is InChI=1S/C29H33F2N9O5/c1-40-12-11-36-25(40)16-5-4-6-17(13-16)44-26-21(30)23(38-18(28(42)43)7-2-3-10-37-29(34)35)22(31)27(39-26)45-20-14-15(24(32)33)8-9-19(20)41/h4-6,8-9,13-14,18,41H,2-3,7,10-12H2,1H3,(H3,32,33)(H,38,39)(H,42,43)(H4,34,35,37). The fourth-order valence-electron chi connectivity index (χ4n) is 4.38. The Balaban J connectivity index is 1.72. The third-order valence-corrected chi connectivity index (χ3v) is 6.67. The molecule has 0 saturated heterocycles. The predicted octanol–water partition coefficient (Wildman–Crippen LogP) is 2.93. The number of ether oxygens (including phenoxy) is 2. The van der Waals surface area contributed by atoms with Crippen LogP contribution >= 0.6 is 0 Å². The van der Waals surface area contributed by atoms with Gasteiger partial charge < -0.3 is 47.1 Å². The molecule has 1 aliphatic rings. The number of carboxylic acid groups (broad SMARTS) is 1. The molecule has 1 aromatic heterocycles.